The average molecular weight is 366 g/mol. The van der Waals surface area contributed by atoms with Gasteiger partial charge in [-0.25, -0.2) is 4.79 Å². The molecule has 0 spiro atoms. The predicted octanol–water partition coefficient (Wildman–Crippen LogP) is 2.10. The summed E-state index contributed by atoms with van der Waals surface area (Å²) in [6.07, 6.45) is -0.196. The van der Waals surface area contributed by atoms with Gasteiger partial charge in [0.05, 0.1) is 13.5 Å². The summed E-state index contributed by atoms with van der Waals surface area (Å²) in [6, 6.07) is 14.1. The highest BCUT2D eigenvalue weighted by atomic mass is 16.6. The number of hydrogen-bond acceptors (Lipinski definition) is 5. The Balaban J connectivity index is 2.14. The number of carbonyl (C=O) groups excluding carboxylic acids is 2. The molecule has 2 aromatic carbocycles. The lowest BCUT2D eigenvalue weighted by Gasteiger charge is -2.52. The number of hydrogen-bond donors (Lipinski definition) is 1. The van der Waals surface area contributed by atoms with E-state index in [2.05, 4.69) is 5.32 Å². The fourth-order valence-electron chi connectivity index (χ4n) is 4.91. The number of ether oxygens (including phenoxy) is 1. The molecule has 7 heteroatoms. The van der Waals surface area contributed by atoms with Crippen LogP contribution in [0.2, 0.25) is 0 Å². The largest absolute Gasteiger partial charge is 0.467 e. The summed E-state index contributed by atoms with van der Waals surface area (Å²) in [7, 11) is 1.23. The highest BCUT2D eigenvalue weighted by Gasteiger charge is 2.69. The summed E-state index contributed by atoms with van der Waals surface area (Å²) in [4.78, 5) is 37.1. The van der Waals surface area contributed by atoms with Crippen molar-refractivity contribution in [2.45, 2.75) is 30.3 Å². The maximum Gasteiger partial charge on any atom is 0.332 e. The molecule has 3 aliphatic carbocycles. The van der Waals surface area contributed by atoms with Gasteiger partial charge in [-0.1, -0.05) is 48.5 Å². The number of fused-ring (bicyclic) bond motifs is 1. The van der Waals surface area contributed by atoms with Gasteiger partial charge in [0.15, 0.2) is 5.54 Å². The number of esters is 1. The van der Waals surface area contributed by atoms with Gasteiger partial charge in [-0.3, -0.25) is 14.9 Å². The third-order valence-corrected chi connectivity index (χ3v) is 5.72. The molecule has 1 unspecified atom stereocenters. The number of benzene rings is 2. The molecule has 0 saturated heterocycles. The van der Waals surface area contributed by atoms with Crippen molar-refractivity contribution in [3.8, 4) is 0 Å². The van der Waals surface area contributed by atoms with E-state index in [9.17, 15) is 19.7 Å². The van der Waals surface area contributed by atoms with E-state index < -0.39 is 28.9 Å². The molecular formula is C20H18N2O5. The van der Waals surface area contributed by atoms with Gasteiger partial charge >= 0.3 is 5.97 Å². The minimum atomic E-state index is -1.64. The first-order valence-electron chi connectivity index (χ1n) is 8.59. The highest BCUT2D eigenvalue weighted by molar-refractivity contribution is 5.91. The third kappa shape index (κ3) is 2.02. The van der Waals surface area contributed by atoms with Crippen molar-refractivity contribution in [1.29, 1.82) is 0 Å². The van der Waals surface area contributed by atoms with Crippen molar-refractivity contribution >= 4 is 11.9 Å². The molecule has 138 valence electrons. The lowest BCUT2D eigenvalue weighted by molar-refractivity contribution is -0.572. The molecule has 0 aromatic heterocycles. The number of nitrogens with one attached hydrogen (secondary N) is 1. The predicted molar refractivity (Wildman–Crippen MR) is 95.7 cm³/mol. The minimum absolute atomic E-state index is 0.196. The van der Waals surface area contributed by atoms with E-state index in [1.807, 2.05) is 0 Å². The molecule has 0 radical (unpaired) electrons. The Kier molecular flexibility index (Phi) is 3.59. The maximum atomic E-state index is 12.9. The Labute approximate surface area is 155 Å². The van der Waals surface area contributed by atoms with Crippen LogP contribution in [0, 0.1) is 10.1 Å². The summed E-state index contributed by atoms with van der Waals surface area (Å²) < 4.78 is 5.03. The first-order valence-corrected chi connectivity index (χ1v) is 8.59. The fraction of sp³-hybridized carbons (Fsp3) is 0.300. The first-order chi connectivity index (χ1) is 12.9. The maximum absolute atomic E-state index is 12.9. The van der Waals surface area contributed by atoms with Gasteiger partial charge in [0.1, 0.15) is 0 Å². The molecule has 0 aliphatic heterocycles. The molecule has 2 aromatic rings. The third-order valence-electron chi connectivity index (χ3n) is 5.72. The second-order valence-corrected chi connectivity index (χ2v) is 7.05. The summed E-state index contributed by atoms with van der Waals surface area (Å²) in [5.41, 5.74) is -0.738. The van der Waals surface area contributed by atoms with Crippen molar-refractivity contribution in [3.63, 3.8) is 0 Å². The average Bonchev–Trinajstić information content (AvgIpc) is 2.66. The summed E-state index contributed by atoms with van der Waals surface area (Å²) >= 11 is 0. The molecule has 2 bridgehead atoms. The van der Waals surface area contributed by atoms with E-state index >= 15 is 0 Å². The molecule has 5 rings (SSSR count). The highest BCUT2D eigenvalue weighted by Crippen LogP contribution is 2.60. The van der Waals surface area contributed by atoms with Crippen molar-refractivity contribution in [3.05, 3.63) is 80.9 Å². The van der Waals surface area contributed by atoms with Crippen LogP contribution in [0.25, 0.3) is 0 Å². The molecule has 0 heterocycles. The Bertz CT molecular complexity index is 938. The number of rotatable bonds is 3. The van der Waals surface area contributed by atoms with Gasteiger partial charge in [0.2, 0.25) is 5.91 Å². The van der Waals surface area contributed by atoms with Gasteiger partial charge in [0, 0.05) is 28.9 Å². The van der Waals surface area contributed by atoms with Crippen LogP contribution in [0.1, 0.15) is 41.5 Å². The van der Waals surface area contributed by atoms with Crippen LogP contribution in [-0.4, -0.2) is 29.4 Å². The molecule has 0 saturated carbocycles. The van der Waals surface area contributed by atoms with E-state index in [-0.39, 0.29) is 11.3 Å². The Morgan fingerprint density at radius 3 is 2.07 bits per heavy atom. The molecule has 3 aliphatic rings. The number of nitro groups is 1. The summed E-state index contributed by atoms with van der Waals surface area (Å²) in [5.74, 6) is -1.69. The SMILES string of the molecule is COC(=O)C1(NC(C)=O)CC2([N+](=O)[O-])c3ccccc3C1c1ccccc12. The zero-order valence-corrected chi connectivity index (χ0v) is 14.9. The molecular weight excluding hydrogens is 348 g/mol. The van der Waals surface area contributed by atoms with E-state index in [0.29, 0.717) is 22.3 Å². The smallest absolute Gasteiger partial charge is 0.332 e. The van der Waals surface area contributed by atoms with Gasteiger partial charge in [0.25, 0.3) is 5.54 Å². The number of methoxy groups -OCH3 is 1. The quantitative estimate of drug-likeness (QED) is 0.510. The number of carbonyl (C=O) groups is 2. The first kappa shape index (κ1) is 17.2. The summed E-state index contributed by atoms with van der Waals surface area (Å²) in [6.45, 7) is 1.30. The van der Waals surface area contributed by atoms with Crippen LogP contribution in [0.15, 0.2) is 48.5 Å². The summed E-state index contributed by atoms with van der Waals surface area (Å²) in [5, 5.41) is 15.2. The normalized spacial score (nSPS) is 27.3. The van der Waals surface area contributed by atoms with Gasteiger partial charge in [-0.15, -0.1) is 0 Å². The van der Waals surface area contributed by atoms with Crippen LogP contribution in [0.4, 0.5) is 0 Å². The Morgan fingerprint density at radius 1 is 1.11 bits per heavy atom. The van der Waals surface area contributed by atoms with E-state index in [4.69, 9.17) is 4.74 Å². The lowest BCUT2D eigenvalue weighted by Crippen LogP contribution is -2.68. The zero-order chi connectivity index (χ0) is 19.4. The molecule has 27 heavy (non-hydrogen) atoms. The Hall–Kier alpha value is -3.22. The van der Waals surface area contributed by atoms with Gasteiger partial charge in [-0.2, -0.15) is 0 Å². The van der Waals surface area contributed by atoms with Crippen LogP contribution in [0.3, 0.4) is 0 Å². The molecule has 7 nitrogen and oxygen atoms in total. The van der Waals surface area contributed by atoms with Crippen LogP contribution in [0.5, 0.6) is 0 Å². The van der Waals surface area contributed by atoms with Crippen molar-refractivity contribution < 1.29 is 19.2 Å². The minimum Gasteiger partial charge on any atom is -0.467 e. The van der Waals surface area contributed by atoms with Crippen molar-refractivity contribution in [2.75, 3.05) is 7.11 Å². The molecule has 1 N–H and O–H groups in total. The second kappa shape index (κ2) is 5.64. The van der Waals surface area contributed by atoms with Gasteiger partial charge in [-0.05, 0) is 11.1 Å². The molecule has 1 amide bonds. The number of amides is 1. The topological polar surface area (TPSA) is 98.5 Å². The standard InChI is InChI=1S/C20H18N2O5/c1-12(23)21-19(18(24)27-2)11-20(22(25)26)15-9-5-3-7-13(15)17(19)14-8-4-6-10-16(14)20/h3-10,17H,11H2,1-2H3,(H,21,23). The zero-order valence-electron chi connectivity index (χ0n) is 14.9. The van der Waals surface area contributed by atoms with E-state index in [1.54, 1.807) is 48.5 Å². The van der Waals surface area contributed by atoms with Crippen molar-refractivity contribution in [2.24, 2.45) is 0 Å². The van der Waals surface area contributed by atoms with Crippen LogP contribution >= 0.6 is 0 Å². The molecule has 1 atom stereocenters. The van der Waals surface area contributed by atoms with E-state index in [1.165, 1.54) is 14.0 Å². The van der Waals surface area contributed by atoms with Gasteiger partial charge < -0.3 is 10.1 Å². The fourth-order valence-corrected chi connectivity index (χ4v) is 4.91. The van der Waals surface area contributed by atoms with Crippen LogP contribution < -0.4 is 5.32 Å². The number of nitrogens with zero attached hydrogens (tertiary/aromatic N) is 1. The molecule has 0 fully saturated rings. The van der Waals surface area contributed by atoms with E-state index in [0.717, 1.165) is 0 Å². The monoisotopic (exact) mass is 366 g/mol. The lowest BCUT2D eigenvalue weighted by atomic mass is 9.52. The van der Waals surface area contributed by atoms with Crippen LogP contribution in [-0.2, 0) is 19.9 Å². The second-order valence-electron chi connectivity index (χ2n) is 7.05. The van der Waals surface area contributed by atoms with Crippen molar-refractivity contribution in [1.82, 2.24) is 5.32 Å². The Morgan fingerprint density at radius 2 is 1.63 bits per heavy atom.